The maximum atomic E-state index is 11.8. The van der Waals surface area contributed by atoms with Crippen LogP contribution in [0, 0.1) is 0 Å². The lowest BCUT2D eigenvalue weighted by atomic mass is 10.3. The number of ether oxygens (including phenoxy) is 1. The van der Waals surface area contributed by atoms with E-state index >= 15 is 0 Å². The van der Waals surface area contributed by atoms with Crippen LogP contribution in [-0.2, 0) is 19.1 Å². The molecule has 1 N–H and O–H groups in total. The van der Waals surface area contributed by atoms with Crippen molar-refractivity contribution < 1.29 is 23.9 Å². The van der Waals surface area contributed by atoms with E-state index in [0.29, 0.717) is 15.7 Å². The van der Waals surface area contributed by atoms with Crippen LogP contribution in [0.5, 0.6) is 0 Å². The van der Waals surface area contributed by atoms with Gasteiger partial charge >= 0.3 is 12.0 Å². The van der Waals surface area contributed by atoms with Gasteiger partial charge in [-0.25, -0.2) is 4.79 Å². The van der Waals surface area contributed by atoms with E-state index in [1.165, 1.54) is 30.1 Å². The fourth-order valence-electron chi connectivity index (χ4n) is 2.31. The fourth-order valence-corrected chi connectivity index (χ4v) is 2.84. The number of carbonyl (C=O) groups excluding carboxylic acids is 4. The minimum Gasteiger partial charge on any atom is -0.456 e. The molecule has 8 nitrogen and oxygen atoms in total. The first kappa shape index (κ1) is 20.0. The van der Waals surface area contributed by atoms with E-state index in [2.05, 4.69) is 5.32 Å². The third-order valence-corrected chi connectivity index (χ3v) is 3.94. The summed E-state index contributed by atoms with van der Waals surface area (Å²) >= 11 is 11.7. The number of rotatable bonds is 7. The van der Waals surface area contributed by atoms with Crippen LogP contribution >= 0.6 is 23.2 Å². The normalized spacial score (nSPS) is 14.0. The first-order valence-electron chi connectivity index (χ1n) is 7.73. The summed E-state index contributed by atoms with van der Waals surface area (Å²) in [4.78, 5) is 49.1. The summed E-state index contributed by atoms with van der Waals surface area (Å²) < 4.78 is 4.86. The molecular formula is C16H17Cl2N3O5. The zero-order valence-corrected chi connectivity index (χ0v) is 15.5. The number of likely N-dealkylation sites (N-methyl/N-ethyl adjacent to an activating group) is 1. The average molecular weight is 402 g/mol. The molecule has 1 fully saturated rings. The van der Waals surface area contributed by atoms with Crippen molar-refractivity contribution in [2.24, 2.45) is 0 Å². The molecular weight excluding hydrogens is 385 g/mol. The lowest BCUT2D eigenvalue weighted by Gasteiger charge is -2.13. The van der Waals surface area contributed by atoms with Crippen LogP contribution in [0.15, 0.2) is 18.2 Å². The van der Waals surface area contributed by atoms with Gasteiger partial charge in [0, 0.05) is 35.7 Å². The van der Waals surface area contributed by atoms with Gasteiger partial charge in [-0.2, -0.15) is 0 Å². The van der Waals surface area contributed by atoms with E-state index < -0.39 is 18.5 Å². The van der Waals surface area contributed by atoms with Crippen molar-refractivity contribution in [2.45, 2.75) is 12.8 Å². The van der Waals surface area contributed by atoms with E-state index in [1.807, 2.05) is 0 Å². The first-order chi connectivity index (χ1) is 12.3. The number of urea groups is 1. The number of hydrogen-bond acceptors (Lipinski definition) is 5. The minimum atomic E-state index is -0.600. The molecule has 0 atom stereocenters. The molecule has 1 aliphatic rings. The molecule has 1 aromatic rings. The molecule has 4 amide bonds. The first-order valence-corrected chi connectivity index (χ1v) is 8.49. The summed E-state index contributed by atoms with van der Waals surface area (Å²) in [6, 6.07) is 4.15. The molecule has 26 heavy (non-hydrogen) atoms. The van der Waals surface area contributed by atoms with Gasteiger partial charge in [-0.1, -0.05) is 23.2 Å². The van der Waals surface area contributed by atoms with Crippen LogP contribution in [0.4, 0.5) is 10.5 Å². The van der Waals surface area contributed by atoms with Gasteiger partial charge in [0.2, 0.25) is 5.91 Å². The van der Waals surface area contributed by atoms with Gasteiger partial charge in [-0.15, -0.1) is 0 Å². The van der Waals surface area contributed by atoms with E-state index in [4.69, 9.17) is 27.9 Å². The Morgan fingerprint density at radius 1 is 1.19 bits per heavy atom. The molecule has 0 unspecified atom stereocenters. The zero-order chi connectivity index (χ0) is 19.3. The van der Waals surface area contributed by atoms with Crippen LogP contribution in [0.3, 0.4) is 0 Å². The van der Waals surface area contributed by atoms with Crippen LogP contribution in [0.25, 0.3) is 0 Å². The topological polar surface area (TPSA) is 96.0 Å². The third-order valence-electron chi connectivity index (χ3n) is 3.50. The molecule has 0 spiro atoms. The monoisotopic (exact) mass is 401 g/mol. The summed E-state index contributed by atoms with van der Waals surface area (Å²) in [6.07, 6.45) is 0.243. The number of amides is 4. The Morgan fingerprint density at radius 3 is 2.42 bits per heavy atom. The van der Waals surface area contributed by atoms with Crippen molar-refractivity contribution in [2.75, 3.05) is 32.1 Å². The van der Waals surface area contributed by atoms with Gasteiger partial charge in [0.05, 0.1) is 0 Å². The van der Waals surface area contributed by atoms with E-state index in [9.17, 15) is 19.2 Å². The number of carbonyl (C=O) groups is 4. The maximum absolute atomic E-state index is 11.8. The molecule has 1 saturated heterocycles. The number of esters is 1. The number of nitrogens with one attached hydrogen (secondary N) is 1. The predicted molar refractivity (Wildman–Crippen MR) is 95.0 cm³/mol. The summed E-state index contributed by atoms with van der Waals surface area (Å²) in [5.74, 6) is -1.44. The van der Waals surface area contributed by atoms with Crippen LogP contribution in [-0.4, -0.2) is 60.4 Å². The molecule has 140 valence electrons. The average Bonchev–Trinajstić information content (AvgIpc) is 2.78. The Hall–Kier alpha value is -2.32. The second kappa shape index (κ2) is 8.86. The zero-order valence-electron chi connectivity index (χ0n) is 14.0. The van der Waals surface area contributed by atoms with Crippen LogP contribution in [0.2, 0.25) is 10.0 Å². The lowest BCUT2D eigenvalue weighted by Crippen LogP contribution is -2.32. The summed E-state index contributed by atoms with van der Waals surface area (Å²) in [5.41, 5.74) is 0.388. The van der Waals surface area contributed by atoms with E-state index in [-0.39, 0.29) is 37.9 Å². The Morgan fingerprint density at radius 2 is 1.85 bits per heavy atom. The molecule has 0 saturated carbocycles. The number of imide groups is 1. The predicted octanol–water partition coefficient (Wildman–Crippen LogP) is 2.15. The highest BCUT2D eigenvalue weighted by atomic mass is 35.5. The van der Waals surface area contributed by atoms with Gasteiger partial charge in [-0.3, -0.25) is 19.3 Å². The number of benzene rings is 1. The number of hydrogen-bond donors (Lipinski definition) is 1. The molecule has 0 bridgehead atoms. The van der Waals surface area contributed by atoms with Gasteiger partial charge in [0.25, 0.3) is 5.91 Å². The Labute approximate surface area is 160 Å². The van der Waals surface area contributed by atoms with Crippen molar-refractivity contribution >= 4 is 52.7 Å². The van der Waals surface area contributed by atoms with Crippen LogP contribution in [0.1, 0.15) is 12.8 Å². The van der Waals surface area contributed by atoms with Crippen molar-refractivity contribution in [1.82, 2.24) is 9.80 Å². The standard InChI is InChI=1S/C16H17Cl2N3O5/c1-20-8-14(23)21(16(20)25)4-2-3-15(24)26-9-13(22)19-12-6-10(17)5-11(18)7-12/h5-7H,2-4,8-9H2,1H3,(H,19,22). The molecule has 0 aliphatic carbocycles. The van der Waals surface area contributed by atoms with Gasteiger partial charge in [-0.05, 0) is 24.6 Å². The van der Waals surface area contributed by atoms with Crippen molar-refractivity contribution in [3.05, 3.63) is 28.2 Å². The minimum absolute atomic E-state index is 0.0168. The quantitative estimate of drug-likeness (QED) is 0.557. The van der Waals surface area contributed by atoms with Gasteiger partial charge in [0.1, 0.15) is 6.54 Å². The number of anilines is 1. The molecule has 2 rings (SSSR count). The Balaban J connectivity index is 1.69. The number of halogens is 2. The molecule has 1 heterocycles. The van der Waals surface area contributed by atoms with E-state index in [1.54, 1.807) is 0 Å². The fraction of sp³-hybridized carbons (Fsp3) is 0.375. The molecule has 10 heteroatoms. The van der Waals surface area contributed by atoms with Gasteiger partial charge < -0.3 is 15.0 Å². The van der Waals surface area contributed by atoms with Crippen LogP contribution < -0.4 is 5.32 Å². The molecule has 1 aromatic carbocycles. The lowest BCUT2D eigenvalue weighted by molar-refractivity contribution is -0.147. The van der Waals surface area contributed by atoms with Crippen molar-refractivity contribution in [3.63, 3.8) is 0 Å². The van der Waals surface area contributed by atoms with Crippen molar-refractivity contribution in [3.8, 4) is 0 Å². The van der Waals surface area contributed by atoms with Gasteiger partial charge in [0.15, 0.2) is 6.61 Å². The third kappa shape index (κ3) is 5.60. The highest BCUT2D eigenvalue weighted by Gasteiger charge is 2.32. The molecule has 0 radical (unpaired) electrons. The van der Waals surface area contributed by atoms with E-state index in [0.717, 1.165) is 4.90 Å². The number of nitrogens with zero attached hydrogens (tertiary/aromatic N) is 2. The highest BCUT2D eigenvalue weighted by molar-refractivity contribution is 6.35. The molecule has 0 aromatic heterocycles. The summed E-state index contributed by atoms with van der Waals surface area (Å²) in [7, 11) is 1.53. The summed E-state index contributed by atoms with van der Waals surface area (Å²) in [5, 5.41) is 3.23. The Kier molecular flexibility index (Phi) is 6.82. The second-order valence-electron chi connectivity index (χ2n) is 5.65. The van der Waals surface area contributed by atoms with Crippen molar-refractivity contribution in [1.29, 1.82) is 0 Å². The molecule has 1 aliphatic heterocycles. The second-order valence-corrected chi connectivity index (χ2v) is 6.53. The maximum Gasteiger partial charge on any atom is 0.326 e. The highest BCUT2D eigenvalue weighted by Crippen LogP contribution is 2.22. The Bertz CT molecular complexity index is 720. The summed E-state index contributed by atoms with van der Waals surface area (Å²) in [6.45, 7) is -0.297. The largest absolute Gasteiger partial charge is 0.456 e. The SMILES string of the molecule is CN1CC(=O)N(CCCC(=O)OCC(=O)Nc2cc(Cl)cc(Cl)c2)C1=O. The smallest absolute Gasteiger partial charge is 0.326 e.